The summed E-state index contributed by atoms with van der Waals surface area (Å²) in [4.78, 5) is 0. The van der Waals surface area contributed by atoms with Crippen molar-refractivity contribution in [2.24, 2.45) is 0 Å². The van der Waals surface area contributed by atoms with E-state index in [2.05, 4.69) is 110 Å². The van der Waals surface area contributed by atoms with Crippen LogP contribution in [-0.4, -0.2) is 17.0 Å². The van der Waals surface area contributed by atoms with Crippen molar-refractivity contribution in [3.05, 3.63) is 104 Å². The number of fused-ring (bicyclic) bond motifs is 7. The molecule has 4 nitrogen and oxygen atoms in total. The third-order valence-electron chi connectivity index (χ3n) is 8.67. The van der Waals surface area contributed by atoms with Crippen molar-refractivity contribution in [3.8, 4) is 11.5 Å². The van der Waals surface area contributed by atoms with E-state index in [1.807, 2.05) is 13.8 Å². The van der Waals surface area contributed by atoms with Gasteiger partial charge in [-0.1, -0.05) is 69.5 Å². The summed E-state index contributed by atoms with van der Waals surface area (Å²) in [7, 11) is 0. The van der Waals surface area contributed by atoms with Crippen LogP contribution in [0.1, 0.15) is 65.8 Å². The molecule has 0 unspecified atom stereocenters. The Morgan fingerprint density at radius 2 is 1.49 bits per heavy atom. The minimum atomic E-state index is -1.62. The molecule has 0 fully saturated rings. The largest absolute Gasteiger partial charge is 0.486 e. The summed E-state index contributed by atoms with van der Waals surface area (Å²) in [6.45, 7) is 14.7. The number of ether oxygens (including phenoxy) is 2. The summed E-state index contributed by atoms with van der Waals surface area (Å²) >= 11 is 3.56. The number of halogens is 1. The number of nitrogens with one attached hydrogen (secondary N) is 1. The van der Waals surface area contributed by atoms with E-state index in [0.717, 1.165) is 54.9 Å². The third kappa shape index (κ3) is 3.20. The molecule has 3 aromatic rings. The Hall–Kier alpha value is -2.60. The monoisotopic (exact) mass is 559 g/mol. The second kappa shape index (κ2) is 7.95. The van der Waals surface area contributed by atoms with E-state index in [-0.39, 0.29) is 6.04 Å². The van der Waals surface area contributed by atoms with E-state index < -0.39 is 22.8 Å². The first-order valence-corrected chi connectivity index (χ1v) is 13.7. The highest BCUT2D eigenvalue weighted by molar-refractivity contribution is 9.10. The van der Waals surface area contributed by atoms with E-state index in [1.54, 1.807) is 0 Å². The van der Waals surface area contributed by atoms with Crippen LogP contribution < -0.4 is 14.8 Å². The molecule has 2 N–H and O–H groups in total. The highest BCUT2D eigenvalue weighted by Gasteiger charge is 2.74. The number of aliphatic hydroxyl groups is 1. The maximum Gasteiger partial charge on any atom is 0.257 e. The van der Waals surface area contributed by atoms with Crippen molar-refractivity contribution < 1.29 is 14.6 Å². The Morgan fingerprint density at radius 3 is 2.14 bits per heavy atom. The molecule has 5 heteroatoms. The van der Waals surface area contributed by atoms with Crippen LogP contribution in [0.25, 0.3) is 0 Å². The van der Waals surface area contributed by atoms with E-state index in [4.69, 9.17) is 9.47 Å². The Labute approximate surface area is 227 Å². The average molecular weight is 561 g/mol. The van der Waals surface area contributed by atoms with Gasteiger partial charge < -0.3 is 14.6 Å². The minimum absolute atomic E-state index is 0.0970. The topological polar surface area (TPSA) is 50.7 Å². The van der Waals surface area contributed by atoms with Crippen LogP contribution in [0.15, 0.2) is 64.7 Å². The predicted molar refractivity (Wildman–Crippen MR) is 150 cm³/mol. The molecule has 0 radical (unpaired) electrons. The average Bonchev–Trinajstić information content (AvgIpc) is 3.25. The second-order valence-corrected chi connectivity index (χ2v) is 12.4. The molecule has 0 aromatic heterocycles. The molecule has 0 saturated heterocycles. The summed E-state index contributed by atoms with van der Waals surface area (Å²) in [5, 5.41) is 16.6. The van der Waals surface area contributed by atoms with Gasteiger partial charge in [-0.2, -0.15) is 0 Å². The Kier molecular flexibility index (Phi) is 5.31. The van der Waals surface area contributed by atoms with Gasteiger partial charge in [0, 0.05) is 21.6 Å². The van der Waals surface area contributed by atoms with Crippen molar-refractivity contribution in [1.29, 1.82) is 0 Å². The summed E-state index contributed by atoms with van der Waals surface area (Å²) in [5.74, 6) is 0.0157. The van der Waals surface area contributed by atoms with Gasteiger partial charge in [0.15, 0.2) is 5.54 Å². The maximum absolute atomic E-state index is 12.6. The van der Waals surface area contributed by atoms with E-state index in [9.17, 15) is 5.11 Å². The van der Waals surface area contributed by atoms with Crippen molar-refractivity contribution in [3.63, 3.8) is 0 Å². The number of rotatable bonds is 3. The van der Waals surface area contributed by atoms with Gasteiger partial charge in [-0.15, -0.1) is 0 Å². The Balaban J connectivity index is 1.64. The van der Waals surface area contributed by atoms with E-state index >= 15 is 0 Å². The van der Waals surface area contributed by atoms with Crippen LogP contribution in [0.4, 0.5) is 0 Å². The van der Waals surface area contributed by atoms with Crippen molar-refractivity contribution in [2.75, 3.05) is 0 Å². The Morgan fingerprint density at radius 1 is 0.892 bits per heavy atom. The fraction of sp³-hybridized carbons (Fsp3) is 0.375. The molecular formula is C32H34BrNO3. The van der Waals surface area contributed by atoms with E-state index in [1.165, 1.54) is 5.56 Å². The number of benzene rings is 3. The van der Waals surface area contributed by atoms with Crippen LogP contribution in [-0.2, 0) is 11.0 Å². The summed E-state index contributed by atoms with van der Waals surface area (Å²) in [5.41, 5.74) is 6.92. The molecular weight excluding hydrogens is 526 g/mol. The fourth-order valence-corrected chi connectivity index (χ4v) is 7.33. The highest BCUT2D eigenvalue weighted by Crippen LogP contribution is 2.64. The third-order valence-corrected chi connectivity index (χ3v) is 9.19. The van der Waals surface area contributed by atoms with Gasteiger partial charge in [0.05, 0.1) is 5.41 Å². The van der Waals surface area contributed by atoms with Gasteiger partial charge in [0.1, 0.15) is 17.6 Å². The lowest BCUT2D eigenvalue weighted by atomic mass is 9.59. The van der Waals surface area contributed by atoms with Crippen LogP contribution in [0.5, 0.6) is 11.5 Å². The van der Waals surface area contributed by atoms with Crippen molar-refractivity contribution in [1.82, 2.24) is 5.32 Å². The number of aryl methyl sites for hydroxylation is 4. The first-order valence-electron chi connectivity index (χ1n) is 13.0. The lowest BCUT2D eigenvalue weighted by Crippen LogP contribution is -2.72. The zero-order valence-corrected chi connectivity index (χ0v) is 24.1. The maximum atomic E-state index is 12.6. The molecule has 1 aliphatic carbocycles. The quantitative estimate of drug-likeness (QED) is 0.339. The van der Waals surface area contributed by atoms with Gasteiger partial charge in [-0.25, -0.2) is 0 Å². The van der Waals surface area contributed by atoms with Gasteiger partial charge in [-0.3, -0.25) is 5.32 Å². The zero-order valence-electron chi connectivity index (χ0n) is 22.5. The van der Waals surface area contributed by atoms with Gasteiger partial charge in [-0.05, 0) is 82.9 Å². The van der Waals surface area contributed by atoms with Gasteiger partial charge >= 0.3 is 0 Å². The first-order chi connectivity index (χ1) is 17.4. The number of hydrogen-bond acceptors (Lipinski definition) is 4. The molecule has 0 spiro atoms. The summed E-state index contributed by atoms with van der Waals surface area (Å²) in [6.07, 6.45) is 1.73. The SMILES string of the molecule is CC1=C[C@]2(C)c3cc(C)cc(C)c3O[C@@H]2[C@@]2(N[C@@H](C)c3ccc(Br)cc3)c3cc(C)cc(C)c3O[C@@]12O. The summed E-state index contributed by atoms with van der Waals surface area (Å²) in [6, 6.07) is 16.9. The summed E-state index contributed by atoms with van der Waals surface area (Å²) < 4.78 is 14.6. The molecule has 37 heavy (non-hydrogen) atoms. The van der Waals surface area contributed by atoms with Crippen molar-refractivity contribution in [2.45, 2.75) is 77.4 Å². The lowest BCUT2D eigenvalue weighted by molar-refractivity contribution is -0.193. The van der Waals surface area contributed by atoms with Crippen LogP contribution >= 0.6 is 15.9 Å². The molecule has 0 saturated carbocycles. The molecule has 3 aliphatic rings. The minimum Gasteiger partial charge on any atom is -0.486 e. The van der Waals surface area contributed by atoms with Gasteiger partial charge in [0.2, 0.25) is 0 Å². The van der Waals surface area contributed by atoms with E-state index in [0.29, 0.717) is 0 Å². The molecule has 2 aliphatic heterocycles. The smallest absolute Gasteiger partial charge is 0.257 e. The normalized spacial score (nSPS) is 29.9. The fourth-order valence-electron chi connectivity index (χ4n) is 7.06. The van der Waals surface area contributed by atoms with Crippen molar-refractivity contribution >= 4 is 15.9 Å². The molecule has 6 rings (SSSR count). The van der Waals surface area contributed by atoms with Crippen LogP contribution in [0.2, 0.25) is 0 Å². The molecule has 0 bridgehead atoms. The van der Waals surface area contributed by atoms with Crippen LogP contribution in [0.3, 0.4) is 0 Å². The highest BCUT2D eigenvalue weighted by atomic mass is 79.9. The van der Waals surface area contributed by atoms with Crippen LogP contribution in [0, 0.1) is 27.7 Å². The molecule has 5 atom stereocenters. The zero-order chi connectivity index (χ0) is 26.5. The molecule has 2 heterocycles. The van der Waals surface area contributed by atoms with Gasteiger partial charge in [0.25, 0.3) is 5.79 Å². The molecule has 0 amide bonds. The second-order valence-electron chi connectivity index (χ2n) is 11.5. The number of hydrogen-bond donors (Lipinski definition) is 2. The lowest BCUT2D eigenvalue weighted by Gasteiger charge is -2.53. The first kappa shape index (κ1) is 24.7. The molecule has 3 aromatic carbocycles. The Bertz CT molecular complexity index is 1480. The standard InChI is InChI=1S/C32H34BrNO3/c1-17-12-19(3)27-25(14-17)30(7)16-21(5)32(35)31(29(30)36-27,26-15-18(2)13-20(4)28(26)37-32)34-22(6)23-8-10-24(33)11-9-23/h8-16,22,29,34-35H,1-7H3/t22-,29-,30+,31-,32-/m0/s1. The predicted octanol–water partition coefficient (Wildman–Crippen LogP) is 6.99. The molecule has 192 valence electrons.